The van der Waals surface area contributed by atoms with E-state index in [2.05, 4.69) is 29.4 Å². The van der Waals surface area contributed by atoms with E-state index in [1.54, 1.807) is 0 Å². The molecule has 130 valence electrons. The summed E-state index contributed by atoms with van der Waals surface area (Å²) in [5.41, 5.74) is 3.45. The van der Waals surface area contributed by atoms with Crippen LogP contribution in [0.3, 0.4) is 0 Å². The van der Waals surface area contributed by atoms with E-state index in [4.69, 9.17) is 0 Å². The van der Waals surface area contributed by atoms with Crippen molar-refractivity contribution in [3.63, 3.8) is 0 Å². The van der Waals surface area contributed by atoms with Gasteiger partial charge in [0.2, 0.25) is 11.8 Å². The predicted molar refractivity (Wildman–Crippen MR) is 101 cm³/mol. The van der Waals surface area contributed by atoms with Gasteiger partial charge in [0.05, 0.1) is 5.92 Å². The molecule has 0 aromatic heterocycles. The molecular formula is C20H23N3O2. The van der Waals surface area contributed by atoms with Crippen LogP contribution in [0.1, 0.15) is 31.7 Å². The Labute approximate surface area is 148 Å². The van der Waals surface area contributed by atoms with E-state index >= 15 is 0 Å². The standard InChI is InChI=1S/C20H23N3O2/c1-3-23(4-2)15-11-9-14(10-12-15)21-20(25)17-13-19(24)22-18-8-6-5-7-16(17)18/h5-12,17H,3-4,13H2,1-2H3,(H,21,25)(H,22,24). The zero-order valence-corrected chi connectivity index (χ0v) is 14.6. The predicted octanol–water partition coefficient (Wildman–Crippen LogP) is 3.60. The van der Waals surface area contributed by atoms with Crippen LogP contribution in [-0.4, -0.2) is 24.9 Å². The summed E-state index contributed by atoms with van der Waals surface area (Å²) in [5.74, 6) is -0.749. The van der Waals surface area contributed by atoms with E-state index in [1.807, 2.05) is 48.5 Å². The third-order valence-electron chi connectivity index (χ3n) is 4.58. The van der Waals surface area contributed by atoms with Gasteiger partial charge in [-0.2, -0.15) is 0 Å². The number of amides is 2. The van der Waals surface area contributed by atoms with E-state index < -0.39 is 5.92 Å². The molecule has 2 amide bonds. The molecular weight excluding hydrogens is 314 g/mol. The number of carbonyl (C=O) groups excluding carboxylic acids is 2. The molecule has 0 bridgehead atoms. The van der Waals surface area contributed by atoms with Crippen LogP contribution in [-0.2, 0) is 9.59 Å². The van der Waals surface area contributed by atoms with Gasteiger partial charge >= 0.3 is 0 Å². The molecule has 2 aromatic rings. The summed E-state index contributed by atoms with van der Waals surface area (Å²) in [7, 11) is 0. The van der Waals surface area contributed by atoms with Crippen molar-refractivity contribution in [2.45, 2.75) is 26.2 Å². The Balaban J connectivity index is 1.75. The maximum atomic E-state index is 12.7. The minimum atomic E-state index is -0.465. The first-order chi connectivity index (χ1) is 12.1. The summed E-state index contributed by atoms with van der Waals surface area (Å²) in [6.07, 6.45) is 0.167. The highest BCUT2D eigenvalue weighted by Crippen LogP contribution is 2.33. The minimum Gasteiger partial charge on any atom is -0.372 e. The molecule has 5 heteroatoms. The number of para-hydroxylation sites is 1. The van der Waals surface area contributed by atoms with Crippen molar-refractivity contribution in [1.82, 2.24) is 0 Å². The normalized spacial score (nSPS) is 15.9. The van der Waals surface area contributed by atoms with E-state index in [0.29, 0.717) is 0 Å². The first-order valence-electron chi connectivity index (χ1n) is 8.67. The average Bonchev–Trinajstić information content (AvgIpc) is 2.63. The van der Waals surface area contributed by atoms with Crippen molar-refractivity contribution in [3.8, 4) is 0 Å². The molecule has 1 aliphatic heterocycles. The van der Waals surface area contributed by atoms with Crippen LogP contribution in [0.5, 0.6) is 0 Å². The molecule has 0 saturated heterocycles. The van der Waals surface area contributed by atoms with Gasteiger partial charge < -0.3 is 15.5 Å². The molecule has 5 nitrogen and oxygen atoms in total. The second kappa shape index (κ2) is 7.38. The molecule has 0 spiro atoms. The number of hydrogen-bond donors (Lipinski definition) is 2. The number of fused-ring (bicyclic) bond motifs is 1. The van der Waals surface area contributed by atoms with Crippen LogP contribution >= 0.6 is 0 Å². The second-order valence-corrected chi connectivity index (χ2v) is 6.10. The number of benzene rings is 2. The van der Waals surface area contributed by atoms with Gasteiger partial charge in [-0.15, -0.1) is 0 Å². The van der Waals surface area contributed by atoms with Crippen LogP contribution < -0.4 is 15.5 Å². The van der Waals surface area contributed by atoms with E-state index in [-0.39, 0.29) is 18.2 Å². The van der Waals surface area contributed by atoms with Crippen molar-refractivity contribution in [1.29, 1.82) is 0 Å². The second-order valence-electron chi connectivity index (χ2n) is 6.10. The maximum Gasteiger partial charge on any atom is 0.232 e. The van der Waals surface area contributed by atoms with Gasteiger partial charge in [-0.25, -0.2) is 0 Å². The molecule has 1 aliphatic rings. The van der Waals surface area contributed by atoms with Crippen LogP contribution in [0.4, 0.5) is 17.1 Å². The van der Waals surface area contributed by atoms with Crippen molar-refractivity contribution in [3.05, 3.63) is 54.1 Å². The molecule has 0 saturated carbocycles. The molecule has 0 aliphatic carbocycles. The molecule has 2 aromatic carbocycles. The summed E-state index contributed by atoms with van der Waals surface area (Å²) in [6, 6.07) is 15.3. The first-order valence-corrected chi connectivity index (χ1v) is 8.67. The number of carbonyl (C=O) groups is 2. The summed E-state index contributed by atoms with van der Waals surface area (Å²) in [5, 5.41) is 5.75. The lowest BCUT2D eigenvalue weighted by Gasteiger charge is -2.25. The van der Waals surface area contributed by atoms with Crippen molar-refractivity contribution >= 4 is 28.9 Å². The van der Waals surface area contributed by atoms with Gasteiger partial charge in [-0.3, -0.25) is 9.59 Å². The first kappa shape index (κ1) is 17.0. The van der Waals surface area contributed by atoms with Gasteiger partial charge in [0, 0.05) is 36.6 Å². The van der Waals surface area contributed by atoms with Gasteiger partial charge in [-0.1, -0.05) is 18.2 Å². The molecule has 1 atom stereocenters. The van der Waals surface area contributed by atoms with Gasteiger partial charge in [0.15, 0.2) is 0 Å². The molecule has 2 N–H and O–H groups in total. The number of hydrogen-bond acceptors (Lipinski definition) is 3. The van der Waals surface area contributed by atoms with E-state index in [9.17, 15) is 9.59 Å². The zero-order chi connectivity index (χ0) is 17.8. The van der Waals surface area contributed by atoms with E-state index in [0.717, 1.165) is 35.7 Å². The molecule has 0 radical (unpaired) electrons. The fourth-order valence-electron chi connectivity index (χ4n) is 3.22. The van der Waals surface area contributed by atoms with Crippen LogP contribution in [0.25, 0.3) is 0 Å². The Morgan fingerprint density at radius 2 is 1.80 bits per heavy atom. The Morgan fingerprint density at radius 3 is 2.48 bits per heavy atom. The van der Waals surface area contributed by atoms with E-state index in [1.165, 1.54) is 0 Å². The summed E-state index contributed by atoms with van der Waals surface area (Å²) < 4.78 is 0. The minimum absolute atomic E-state index is 0.129. The molecule has 1 unspecified atom stereocenters. The summed E-state index contributed by atoms with van der Waals surface area (Å²) >= 11 is 0. The Morgan fingerprint density at radius 1 is 1.12 bits per heavy atom. The zero-order valence-electron chi connectivity index (χ0n) is 14.6. The summed E-state index contributed by atoms with van der Waals surface area (Å²) in [6.45, 7) is 6.11. The lowest BCUT2D eigenvalue weighted by molar-refractivity contribution is -0.123. The SMILES string of the molecule is CCN(CC)c1ccc(NC(=O)C2CC(=O)Nc3ccccc32)cc1. The fourth-order valence-corrected chi connectivity index (χ4v) is 3.22. The highest BCUT2D eigenvalue weighted by atomic mass is 16.2. The highest BCUT2D eigenvalue weighted by Gasteiger charge is 2.30. The molecule has 1 heterocycles. The number of nitrogens with one attached hydrogen (secondary N) is 2. The fraction of sp³-hybridized carbons (Fsp3) is 0.300. The lowest BCUT2D eigenvalue weighted by Crippen LogP contribution is -2.30. The highest BCUT2D eigenvalue weighted by molar-refractivity contribution is 6.05. The molecule has 0 fully saturated rings. The van der Waals surface area contributed by atoms with Crippen LogP contribution in [0, 0.1) is 0 Å². The van der Waals surface area contributed by atoms with Crippen molar-refractivity contribution in [2.24, 2.45) is 0 Å². The molecule has 3 rings (SSSR count). The van der Waals surface area contributed by atoms with Gasteiger partial charge in [0.1, 0.15) is 0 Å². The number of rotatable bonds is 5. The molecule has 25 heavy (non-hydrogen) atoms. The third-order valence-corrected chi connectivity index (χ3v) is 4.58. The number of anilines is 3. The van der Waals surface area contributed by atoms with Crippen molar-refractivity contribution in [2.75, 3.05) is 28.6 Å². The Bertz CT molecular complexity index is 767. The average molecular weight is 337 g/mol. The van der Waals surface area contributed by atoms with Crippen LogP contribution in [0.15, 0.2) is 48.5 Å². The maximum absolute atomic E-state index is 12.7. The van der Waals surface area contributed by atoms with Crippen LogP contribution in [0.2, 0.25) is 0 Å². The topological polar surface area (TPSA) is 61.4 Å². The lowest BCUT2D eigenvalue weighted by atomic mass is 9.90. The van der Waals surface area contributed by atoms with Gasteiger partial charge in [-0.05, 0) is 49.7 Å². The van der Waals surface area contributed by atoms with Gasteiger partial charge in [0.25, 0.3) is 0 Å². The Kier molecular flexibility index (Phi) is 5.03. The monoisotopic (exact) mass is 337 g/mol. The smallest absolute Gasteiger partial charge is 0.232 e. The largest absolute Gasteiger partial charge is 0.372 e. The Hall–Kier alpha value is -2.82. The quantitative estimate of drug-likeness (QED) is 0.876. The van der Waals surface area contributed by atoms with Crippen molar-refractivity contribution < 1.29 is 9.59 Å². The third kappa shape index (κ3) is 3.65. The summed E-state index contributed by atoms with van der Waals surface area (Å²) in [4.78, 5) is 26.8. The number of nitrogens with zero attached hydrogens (tertiary/aromatic N) is 1.